The number of carbonyl (C=O) groups excluding carboxylic acids is 2. The fourth-order valence-corrected chi connectivity index (χ4v) is 3.41. The van der Waals surface area contributed by atoms with Crippen LogP contribution in [0.3, 0.4) is 0 Å². The predicted octanol–water partition coefficient (Wildman–Crippen LogP) is 2.74. The van der Waals surface area contributed by atoms with Gasteiger partial charge in [-0.05, 0) is 55.7 Å². The van der Waals surface area contributed by atoms with E-state index in [9.17, 15) is 14.4 Å². The average Bonchev–Trinajstić information content (AvgIpc) is 3.50. The molecule has 1 aromatic heterocycles. The fourth-order valence-electron chi connectivity index (χ4n) is 3.41. The molecule has 1 aliphatic rings. The lowest BCUT2D eigenvalue weighted by Gasteiger charge is -2.08. The zero-order valence-electron chi connectivity index (χ0n) is 16.4. The maximum Gasteiger partial charge on any atom is 0.329 e. The van der Waals surface area contributed by atoms with Crippen LogP contribution in [0.25, 0.3) is 11.0 Å². The number of imidazole rings is 1. The van der Waals surface area contributed by atoms with Gasteiger partial charge in [0.2, 0.25) is 5.91 Å². The standard InChI is InChI=1S/C22H24N4O3/c1-2-13-25-18-5-3-4-6-19(18)26(22(25)29)14-20(27)23-16-9-7-15(8-10-16)21(28)24-17-11-12-17/h3-10,17H,2,11-14H2,1H3,(H,23,27)(H,24,28). The monoisotopic (exact) mass is 392 g/mol. The molecule has 3 aromatic rings. The molecule has 2 N–H and O–H groups in total. The van der Waals surface area contributed by atoms with Crippen molar-refractivity contribution in [3.8, 4) is 0 Å². The summed E-state index contributed by atoms with van der Waals surface area (Å²) in [5.74, 6) is -0.387. The summed E-state index contributed by atoms with van der Waals surface area (Å²) < 4.78 is 3.20. The minimum absolute atomic E-state index is 0.0695. The first kappa shape index (κ1) is 19.0. The summed E-state index contributed by atoms with van der Waals surface area (Å²) in [6.07, 6.45) is 2.91. The number of hydrogen-bond acceptors (Lipinski definition) is 3. The van der Waals surface area contributed by atoms with Crippen LogP contribution in [0.15, 0.2) is 53.3 Å². The van der Waals surface area contributed by atoms with Crippen molar-refractivity contribution in [1.29, 1.82) is 0 Å². The van der Waals surface area contributed by atoms with Gasteiger partial charge >= 0.3 is 5.69 Å². The number of aromatic nitrogens is 2. The molecule has 1 saturated carbocycles. The highest BCUT2D eigenvalue weighted by molar-refractivity contribution is 5.96. The quantitative estimate of drug-likeness (QED) is 0.648. The Balaban J connectivity index is 1.48. The van der Waals surface area contributed by atoms with Crippen LogP contribution in [0.5, 0.6) is 0 Å². The number of hydrogen-bond donors (Lipinski definition) is 2. The number of fused-ring (bicyclic) bond motifs is 1. The van der Waals surface area contributed by atoms with Crippen molar-refractivity contribution in [2.24, 2.45) is 0 Å². The number of amides is 2. The second kappa shape index (κ2) is 7.95. The van der Waals surface area contributed by atoms with E-state index in [0.717, 1.165) is 30.3 Å². The van der Waals surface area contributed by atoms with Gasteiger partial charge in [0.15, 0.2) is 0 Å². The Bertz CT molecular complexity index is 1110. The number of benzene rings is 2. The smallest absolute Gasteiger partial charge is 0.329 e. The zero-order chi connectivity index (χ0) is 20.4. The third-order valence-electron chi connectivity index (χ3n) is 5.02. The summed E-state index contributed by atoms with van der Waals surface area (Å²) in [7, 11) is 0. The molecule has 0 aliphatic heterocycles. The van der Waals surface area contributed by atoms with E-state index in [0.29, 0.717) is 23.8 Å². The Morgan fingerprint density at radius 3 is 2.28 bits per heavy atom. The van der Waals surface area contributed by atoms with Gasteiger partial charge in [-0.15, -0.1) is 0 Å². The minimum Gasteiger partial charge on any atom is -0.349 e. The van der Waals surface area contributed by atoms with Gasteiger partial charge in [0, 0.05) is 23.8 Å². The summed E-state index contributed by atoms with van der Waals surface area (Å²) in [6, 6.07) is 14.6. The molecule has 0 saturated heterocycles. The molecule has 29 heavy (non-hydrogen) atoms. The second-order valence-electron chi connectivity index (χ2n) is 7.38. The molecule has 1 fully saturated rings. The lowest BCUT2D eigenvalue weighted by atomic mass is 10.2. The maximum absolute atomic E-state index is 12.8. The van der Waals surface area contributed by atoms with Crippen LogP contribution >= 0.6 is 0 Å². The Morgan fingerprint density at radius 2 is 1.66 bits per heavy atom. The first-order valence-corrected chi connectivity index (χ1v) is 9.95. The Kier molecular flexibility index (Phi) is 5.20. The van der Waals surface area contributed by atoms with E-state index in [4.69, 9.17) is 0 Å². The largest absolute Gasteiger partial charge is 0.349 e. The van der Waals surface area contributed by atoms with Gasteiger partial charge in [0.05, 0.1) is 11.0 Å². The molecule has 0 unspecified atom stereocenters. The maximum atomic E-state index is 12.8. The first-order chi connectivity index (χ1) is 14.1. The highest BCUT2D eigenvalue weighted by atomic mass is 16.2. The van der Waals surface area contributed by atoms with Crippen LogP contribution < -0.4 is 16.3 Å². The van der Waals surface area contributed by atoms with Crippen molar-refractivity contribution in [3.05, 3.63) is 64.6 Å². The second-order valence-corrected chi connectivity index (χ2v) is 7.38. The number of rotatable bonds is 7. The molecule has 2 amide bonds. The van der Waals surface area contributed by atoms with E-state index in [1.54, 1.807) is 28.8 Å². The van der Waals surface area contributed by atoms with E-state index < -0.39 is 0 Å². The Hall–Kier alpha value is -3.35. The summed E-state index contributed by atoms with van der Waals surface area (Å²) in [4.78, 5) is 37.4. The van der Waals surface area contributed by atoms with Crippen molar-refractivity contribution >= 4 is 28.5 Å². The van der Waals surface area contributed by atoms with Crippen LogP contribution in [-0.2, 0) is 17.9 Å². The van der Waals surface area contributed by atoms with Crippen LogP contribution in [0, 0.1) is 0 Å². The van der Waals surface area contributed by atoms with Gasteiger partial charge in [-0.3, -0.25) is 18.7 Å². The predicted molar refractivity (Wildman–Crippen MR) is 112 cm³/mol. The van der Waals surface area contributed by atoms with Gasteiger partial charge in [-0.25, -0.2) is 4.79 Å². The van der Waals surface area contributed by atoms with Crippen LogP contribution in [0.4, 0.5) is 5.69 Å². The number of anilines is 1. The van der Waals surface area contributed by atoms with Crippen LogP contribution in [-0.4, -0.2) is 27.0 Å². The van der Waals surface area contributed by atoms with E-state index in [2.05, 4.69) is 10.6 Å². The van der Waals surface area contributed by atoms with E-state index >= 15 is 0 Å². The van der Waals surface area contributed by atoms with Crippen molar-refractivity contribution in [2.75, 3.05) is 5.32 Å². The first-order valence-electron chi connectivity index (χ1n) is 9.95. The molecular weight excluding hydrogens is 368 g/mol. The Morgan fingerprint density at radius 1 is 1.00 bits per heavy atom. The van der Waals surface area contributed by atoms with Crippen molar-refractivity contribution < 1.29 is 9.59 Å². The van der Waals surface area contributed by atoms with Gasteiger partial charge in [-0.2, -0.15) is 0 Å². The fraction of sp³-hybridized carbons (Fsp3) is 0.318. The van der Waals surface area contributed by atoms with E-state index in [-0.39, 0.29) is 24.0 Å². The molecule has 4 rings (SSSR count). The average molecular weight is 392 g/mol. The third-order valence-corrected chi connectivity index (χ3v) is 5.02. The zero-order valence-corrected chi connectivity index (χ0v) is 16.4. The molecule has 2 aromatic carbocycles. The number of para-hydroxylation sites is 2. The normalized spacial score (nSPS) is 13.4. The van der Waals surface area contributed by atoms with Gasteiger partial charge in [0.25, 0.3) is 5.91 Å². The molecule has 0 spiro atoms. The molecule has 0 bridgehead atoms. The van der Waals surface area contributed by atoms with Crippen LogP contribution in [0.2, 0.25) is 0 Å². The molecule has 0 atom stereocenters. The SMILES string of the molecule is CCCn1c(=O)n(CC(=O)Nc2ccc(C(=O)NC3CC3)cc2)c2ccccc21. The highest BCUT2D eigenvalue weighted by Crippen LogP contribution is 2.20. The third kappa shape index (κ3) is 4.08. The number of carbonyl (C=O) groups is 2. The number of nitrogens with one attached hydrogen (secondary N) is 2. The number of nitrogens with zero attached hydrogens (tertiary/aromatic N) is 2. The summed E-state index contributed by atoms with van der Waals surface area (Å²) in [5.41, 5.74) is 2.54. The topological polar surface area (TPSA) is 85.1 Å². The lowest BCUT2D eigenvalue weighted by Crippen LogP contribution is -2.29. The minimum atomic E-state index is -0.290. The lowest BCUT2D eigenvalue weighted by molar-refractivity contribution is -0.116. The van der Waals surface area contributed by atoms with Gasteiger partial charge in [0.1, 0.15) is 6.54 Å². The van der Waals surface area contributed by atoms with Crippen molar-refractivity contribution in [1.82, 2.24) is 14.5 Å². The van der Waals surface area contributed by atoms with Crippen LogP contribution in [0.1, 0.15) is 36.5 Å². The van der Waals surface area contributed by atoms with Crippen molar-refractivity contribution in [2.45, 2.75) is 45.3 Å². The molecule has 150 valence electrons. The number of aryl methyl sites for hydroxylation is 1. The summed E-state index contributed by atoms with van der Waals surface area (Å²) in [5, 5.41) is 5.74. The van der Waals surface area contributed by atoms with E-state index in [1.807, 2.05) is 31.2 Å². The van der Waals surface area contributed by atoms with E-state index in [1.165, 1.54) is 4.57 Å². The summed E-state index contributed by atoms with van der Waals surface area (Å²) in [6.45, 7) is 2.55. The molecule has 7 heteroatoms. The van der Waals surface area contributed by atoms with Gasteiger partial charge < -0.3 is 10.6 Å². The van der Waals surface area contributed by atoms with Gasteiger partial charge in [-0.1, -0.05) is 19.1 Å². The summed E-state index contributed by atoms with van der Waals surface area (Å²) >= 11 is 0. The molecule has 1 aliphatic carbocycles. The molecule has 7 nitrogen and oxygen atoms in total. The van der Waals surface area contributed by atoms with Crippen molar-refractivity contribution in [3.63, 3.8) is 0 Å². The Labute approximate surface area is 168 Å². The molecular formula is C22H24N4O3. The molecule has 1 heterocycles. The molecule has 0 radical (unpaired) electrons. The highest BCUT2D eigenvalue weighted by Gasteiger charge is 2.23.